The first kappa shape index (κ1) is 14.4. The second-order valence-corrected chi connectivity index (χ2v) is 5.16. The van der Waals surface area contributed by atoms with Crippen molar-refractivity contribution in [3.05, 3.63) is 59.1 Å². The number of nitrogens with zero attached hydrogens (tertiary/aromatic N) is 4. The van der Waals surface area contributed by atoms with Gasteiger partial charge in [0.05, 0.1) is 11.2 Å². The molecular formula is C16H13ClN4O. The summed E-state index contributed by atoms with van der Waals surface area (Å²) in [5.41, 5.74) is 2.39. The van der Waals surface area contributed by atoms with E-state index in [0.29, 0.717) is 28.2 Å². The molecule has 0 unspecified atom stereocenters. The summed E-state index contributed by atoms with van der Waals surface area (Å²) in [7, 11) is 0. The number of hydrogen-bond donors (Lipinski definition) is 0. The van der Waals surface area contributed by atoms with Crippen molar-refractivity contribution < 1.29 is 4.74 Å². The van der Waals surface area contributed by atoms with E-state index in [0.717, 1.165) is 11.3 Å². The van der Waals surface area contributed by atoms with Crippen LogP contribution in [0.5, 0.6) is 11.6 Å². The third-order valence-corrected chi connectivity index (χ3v) is 3.34. The monoisotopic (exact) mass is 312 g/mol. The van der Waals surface area contributed by atoms with Gasteiger partial charge in [0, 0.05) is 29.7 Å². The molecule has 6 heteroatoms. The molecule has 3 rings (SSSR count). The van der Waals surface area contributed by atoms with Crippen molar-refractivity contribution in [3.8, 4) is 23.1 Å². The molecule has 0 radical (unpaired) electrons. The van der Waals surface area contributed by atoms with Gasteiger partial charge in [-0.05, 0) is 26.0 Å². The summed E-state index contributed by atoms with van der Waals surface area (Å²) in [5, 5.41) is 0.505. The smallest absolute Gasteiger partial charge is 0.226 e. The van der Waals surface area contributed by atoms with Crippen LogP contribution < -0.4 is 4.74 Å². The van der Waals surface area contributed by atoms with Crippen LogP contribution in [0.3, 0.4) is 0 Å². The van der Waals surface area contributed by atoms with E-state index in [1.165, 1.54) is 0 Å². The van der Waals surface area contributed by atoms with Crippen molar-refractivity contribution in [2.24, 2.45) is 0 Å². The van der Waals surface area contributed by atoms with Gasteiger partial charge in [0.25, 0.3) is 0 Å². The lowest BCUT2D eigenvalue weighted by Crippen LogP contribution is -2.01. The van der Waals surface area contributed by atoms with E-state index >= 15 is 0 Å². The van der Waals surface area contributed by atoms with Crippen molar-refractivity contribution >= 4 is 11.6 Å². The lowest BCUT2D eigenvalue weighted by atomic mass is 10.2. The van der Waals surface area contributed by atoms with Gasteiger partial charge in [-0.25, -0.2) is 4.98 Å². The summed E-state index contributed by atoms with van der Waals surface area (Å²) in [4.78, 5) is 17.2. The third-order valence-electron chi connectivity index (χ3n) is 3.13. The normalized spacial score (nSPS) is 10.5. The van der Waals surface area contributed by atoms with Crippen molar-refractivity contribution in [1.29, 1.82) is 0 Å². The minimum absolute atomic E-state index is 0.470. The van der Waals surface area contributed by atoms with Crippen LogP contribution in [0.1, 0.15) is 11.3 Å². The molecule has 0 saturated heterocycles. The highest BCUT2D eigenvalue weighted by molar-refractivity contribution is 6.30. The maximum Gasteiger partial charge on any atom is 0.226 e. The number of pyridine rings is 2. The maximum atomic E-state index is 5.92. The predicted octanol–water partition coefficient (Wildman–Crippen LogP) is 4.00. The summed E-state index contributed by atoms with van der Waals surface area (Å²) in [6, 6.07) is 7.28. The van der Waals surface area contributed by atoms with Crippen molar-refractivity contribution in [2.75, 3.05) is 0 Å². The van der Waals surface area contributed by atoms with Gasteiger partial charge in [-0.1, -0.05) is 17.7 Å². The quantitative estimate of drug-likeness (QED) is 0.731. The summed E-state index contributed by atoms with van der Waals surface area (Å²) < 4.78 is 5.81. The number of ether oxygens (including phenoxy) is 1. The molecule has 5 nitrogen and oxygen atoms in total. The molecule has 0 atom stereocenters. The second-order valence-electron chi connectivity index (χ2n) is 4.72. The van der Waals surface area contributed by atoms with Gasteiger partial charge < -0.3 is 4.74 Å². The SMILES string of the molecule is Cc1nc(-c2ccccn2)nc(Oc2cncc(Cl)c2)c1C. The Morgan fingerprint density at radius 1 is 1.09 bits per heavy atom. The van der Waals surface area contributed by atoms with Gasteiger partial charge in [0.15, 0.2) is 5.82 Å². The minimum Gasteiger partial charge on any atom is -0.437 e. The lowest BCUT2D eigenvalue weighted by Gasteiger charge is -2.11. The van der Waals surface area contributed by atoms with E-state index in [1.807, 2.05) is 32.0 Å². The Labute approximate surface area is 133 Å². The van der Waals surface area contributed by atoms with E-state index in [2.05, 4.69) is 19.9 Å². The Morgan fingerprint density at radius 2 is 1.95 bits per heavy atom. The van der Waals surface area contributed by atoms with E-state index in [4.69, 9.17) is 16.3 Å². The minimum atomic E-state index is 0.470. The fourth-order valence-electron chi connectivity index (χ4n) is 1.87. The standard InChI is InChI=1S/C16H13ClN4O/c1-10-11(2)20-15(14-5-3-4-6-19-14)21-16(10)22-13-7-12(17)8-18-9-13/h3-9H,1-2H3. The zero-order chi connectivity index (χ0) is 15.5. The Hall–Kier alpha value is -2.53. The van der Waals surface area contributed by atoms with Crippen LogP contribution in [0.4, 0.5) is 0 Å². The molecule has 0 N–H and O–H groups in total. The first-order valence-electron chi connectivity index (χ1n) is 6.68. The second kappa shape index (κ2) is 6.07. The molecule has 0 aliphatic rings. The van der Waals surface area contributed by atoms with Gasteiger partial charge in [0.1, 0.15) is 11.4 Å². The van der Waals surface area contributed by atoms with E-state index in [-0.39, 0.29) is 0 Å². The Kier molecular flexibility index (Phi) is 3.98. The molecule has 0 fully saturated rings. The Balaban J connectivity index is 2.02. The molecule has 0 saturated carbocycles. The fourth-order valence-corrected chi connectivity index (χ4v) is 2.04. The molecule has 0 spiro atoms. The number of aryl methyl sites for hydroxylation is 1. The zero-order valence-corrected chi connectivity index (χ0v) is 12.9. The predicted molar refractivity (Wildman–Crippen MR) is 84.1 cm³/mol. The van der Waals surface area contributed by atoms with Gasteiger partial charge in [0.2, 0.25) is 5.88 Å². The average molecular weight is 313 g/mol. The molecule has 0 amide bonds. The van der Waals surface area contributed by atoms with E-state index in [1.54, 1.807) is 24.7 Å². The molecule has 3 aromatic rings. The van der Waals surface area contributed by atoms with Crippen LogP contribution in [0.15, 0.2) is 42.9 Å². The number of rotatable bonds is 3. The Morgan fingerprint density at radius 3 is 2.68 bits per heavy atom. The highest BCUT2D eigenvalue weighted by Crippen LogP contribution is 2.27. The molecule has 110 valence electrons. The van der Waals surface area contributed by atoms with Gasteiger partial charge >= 0.3 is 0 Å². The average Bonchev–Trinajstić information content (AvgIpc) is 2.52. The van der Waals surface area contributed by atoms with Crippen LogP contribution in [-0.2, 0) is 0 Å². The van der Waals surface area contributed by atoms with Crippen LogP contribution in [-0.4, -0.2) is 19.9 Å². The summed E-state index contributed by atoms with van der Waals surface area (Å²) in [6.45, 7) is 3.82. The first-order chi connectivity index (χ1) is 10.6. The summed E-state index contributed by atoms with van der Waals surface area (Å²) in [5.74, 6) is 1.52. The molecule has 0 aliphatic heterocycles. The number of hydrogen-bond acceptors (Lipinski definition) is 5. The molecule has 0 aliphatic carbocycles. The van der Waals surface area contributed by atoms with Crippen LogP contribution in [0, 0.1) is 13.8 Å². The highest BCUT2D eigenvalue weighted by Gasteiger charge is 2.12. The summed E-state index contributed by atoms with van der Waals surface area (Å²) >= 11 is 5.92. The highest BCUT2D eigenvalue weighted by atomic mass is 35.5. The van der Waals surface area contributed by atoms with Crippen LogP contribution in [0.2, 0.25) is 5.02 Å². The van der Waals surface area contributed by atoms with Crippen molar-refractivity contribution in [1.82, 2.24) is 19.9 Å². The molecular weight excluding hydrogens is 300 g/mol. The molecule has 3 heterocycles. The number of aromatic nitrogens is 4. The Bertz CT molecular complexity index is 808. The van der Waals surface area contributed by atoms with E-state index < -0.39 is 0 Å². The van der Waals surface area contributed by atoms with Gasteiger partial charge in [-0.15, -0.1) is 0 Å². The summed E-state index contributed by atoms with van der Waals surface area (Å²) in [6.07, 6.45) is 4.84. The lowest BCUT2D eigenvalue weighted by molar-refractivity contribution is 0.455. The molecule has 3 aromatic heterocycles. The van der Waals surface area contributed by atoms with Gasteiger partial charge in [-0.2, -0.15) is 4.98 Å². The van der Waals surface area contributed by atoms with Gasteiger partial charge in [-0.3, -0.25) is 9.97 Å². The fraction of sp³-hybridized carbons (Fsp3) is 0.125. The molecule has 0 bridgehead atoms. The number of halogens is 1. The van der Waals surface area contributed by atoms with Crippen molar-refractivity contribution in [3.63, 3.8) is 0 Å². The van der Waals surface area contributed by atoms with Crippen molar-refractivity contribution in [2.45, 2.75) is 13.8 Å². The molecule has 0 aromatic carbocycles. The first-order valence-corrected chi connectivity index (χ1v) is 7.06. The topological polar surface area (TPSA) is 60.8 Å². The zero-order valence-electron chi connectivity index (χ0n) is 12.1. The van der Waals surface area contributed by atoms with Crippen LogP contribution >= 0.6 is 11.6 Å². The van der Waals surface area contributed by atoms with E-state index in [9.17, 15) is 0 Å². The third kappa shape index (κ3) is 3.04. The maximum absolute atomic E-state index is 5.92. The van der Waals surface area contributed by atoms with Crippen LogP contribution in [0.25, 0.3) is 11.5 Å². The molecule has 22 heavy (non-hydrogen) atoms. The largest absolute Gasteiger partial charge is 0.437 e.